The van der Waals surface area contributed by atoms with Crippen LogP contribution in [-0.2, 0) is 6.54 Å². The molecule has 0 aliphatic carbocycles. The predicted molar refractivity (Wildman–Crippen MR) is 68.1 cm³/mol. The quantitative estimate of drug-likeness (QED) is 0.810. The largest absolute Gasteiger partial charge is 0.384 e. The third kappa shape index (κ3) is 3.06. The Kier molecular flexibility index (Phi) is 3.76. The minimum atomic E-state index is -0.136. The van der Waals surface area contributed by atoms with Gasteiger partial charge in [0.05, 0.1) is 6.54 Å². The lowest BCUT2D eigenvalue weighted by atomic mass is 10.3. The molecule has 4 heteroatoms. The molecule has 86 valence electrons. The fraction of sp³-hybridized carbons (Fsp3) is 0.154. The molecular weight excluding hydrogens is 234 g/mol. The lowest BCUT2D eigenvalue weighted by Crippen LogP contribution is -2.17. The molecule has 2 rings (SSSR count). The predicted octanol–water partition coefficient (Wildman–Crippen LogP) is 1.30. The Morgan fingerprint density at radius 3 is 3.06 bits per heavy atom. The number of nitrogens with zero attached hydrogens (tertiary/aromatic N) is 1. The van der Waals surface area contributed by atoms with E-state index in [2.05, 4.69) is 11.8 Å². The summed E-state index contributed by atoms with van der Waals surface area (Å²) in [5, 5.41) is 10.5. The van der Waals surface area contributed by atoms with Gasteiger partial charge in [0, 0.05) is 28.1 Å². The lowest BCUT2D eigenvalue weighted by molar-refractivity contribution is 0.350. The number of aliphatic hydroxyl groups excluding tert-OH is 1. The van der Waals surface area contributed by atoms with Crippen LogP contribution in [0.5, 0.6) is 0 Å². The molecule has 0 unspecified atom stereocenters. The summed E-state index contributed by atoms with van der Waals surface area (Å²) in [5.41, 5.74) is 0.868. The Labute approximate surface area is 103 Å². The van der Waals surface area contributed by atoms with Crippen LogP contribution in [-0.4, -0.2) is 16.3 Å². The van der Waals surface area contributed by atoms with E-state index >= 15 is 0 Å². The number of rotatable bonds is 2. The van der Waals surface area contributed by atoms with Gasteiger partial charge >= 0.3 is 0 Å². The summed E-state index contributed by atoms with van der Waals surface area (Å²) in [6.45, 7) is 0.425. The van der Waals surface area contributed by atoms with E-state index in [1.165, 1.54) is 0 Å². The van der Waals surface area contributed by atoms with Crippen LogP contribution in [0.25, 0.3) is 0 Å². The molecule has 17 heavy (non-hydrogen) atoms. The SMILES string of the molecule is O=c1ccccn1Cc1cc(C#CCO)cs1. The number of thiophene rings is 1. The van der Waals surface area contributed by atoms with Crippen molar-refractivity contribution in [3.05, 3.63) is 56.6 Å². The van der Waals surface area contributed by atoms with Crippen LogP contribution in [0.4, 0.5) is 0 Å². The molecule has 2 aromatic rings. The van der Waals surface area contributed by atoms with Crippen molar-refractivity contribution in [2.45, 2.75) is 6.54 Å². The van der Waals surface area contributed by atoms with E-state index in [1.54, 1.807) is 34.2 Å². The number of pyridine rings is 1. The fourth-order valence-corrected chi connectivity index (χ4v) is 2.24. The molecule has 2 heterocycles. The van der Waals surface area contributed by atoms with E-state index in [9.17, 15) is 4.79 Å². The standard InChI is InChI=1S/C13H11NO2S/c15-7-3-4-11-8-12(17-10-11)9-14-6-2-1-5-13(14)16/h1-2,5-6,8,10,15H,7,9H2. The van der Waals surface area contributed by atoms with Crippen LogP contribution in [0.3, 0.4) is 0 Å². The average Bonchev–Trinajstić information content (AvgIpc) is 2.77. The zero-order valence-corrected chi connectivity index (χ0v) is 9.91. The maximum Gasteiger partial charge on any atom is 0.250 e. The van der Waals surface area contributed by atoms with Gasteiger partial charge in [-0.1, -0.05) is 17.9 Å². The summed E-state index contributed by atoms with van der Waals surface area (Å²) in [6.07, 6.45) is 1.77. The van der Waals surface area contributed by atoms with Gasteiger partial charge in [0.15, 0.2) is 0 Å². The highest BCUT2D eigenvalue weighted by molar-refractivity contribution is 7.10. The van der Waals surface area contributed by atoms with Gasteiger partial charge in [0.25, 0.3) is 5.56 Å². The van der Waals surface area contributed by atoms with E-state index in [1.807, 2.05) is 17.5 Å². The Hall–Kier alpha value is -1.83. The Balaban J connectivity index is 2.17. The molecule has 0 aliphatic heterocycles. The van der Waals surface area contributed by atoms with Gasteiger partial charge in [0.1, 0.15) is 6.61 Å². The molecule has 0 bridgehead atoms. The molecule has 1 N–H and O–H groups in total. The first-order chi connectivity index (χ1) is 8.29. The number of aliphatic hydroxyl groups is 1. The van der Waals surface area contributed by atoms with Crippen LogP contribution in [0.15, 0.2) is 40.6 Å². The molecule has 0 spiro atoms. The van der Waals surface area contributed by atoms with Gasteiger partial charge in [-0.15, -0.1) is 11.3 Å². The smallest absolute Gasteiger partial charge is 0.250 e. The minimum Gasteiger partial charge on any atom is -0.384 e. The van der Waals surface area contributed by atoms with Crippen molar-refractivity contribution >= 4 is 11.3 Å². The van der Waals surface area contributed by atoms with Crippen molar-refractivity contribution in [1.82, 2.24) is 4.57 Å². The molecule has 0 saturated carbocycles. The van der Waals surface area contributed by atoms with Crippen molar-refractivity contribution in [2.75, 3.05) is 6.61 Å². The summed E-state index contributed by atoms with van der Waals surface area (Å²) in [5.74, 6) is 5.43. The molecule has 2 aromatic heterocycles. The van der Waals surface area contributed by atoms with E-state index in [4.69, 9.17) is 5.11 Å². The van der Waals surface area contributed by atoms with Crippen molar-refractivity contribution in [3.63, 3.8) is 0 Å². The maximum atomic E-state index is 11.5. The molecule has 3 nitrogen and oxygen atoms in total. The summed E-state index contributed by atoms with van der Waals surface area (Å²) in [4.78, 5) is 12.6. The van der Waals surface area contributed by atoms with E-state index in [-0.39, 0.29) is 12.2 Å². The van der Waals surface area contributed by atoms with Gasteiger partial charge in [0.2, 0.25) is 0 Å². The molecule has 0 amide bonds. The minimum absolute atomic E-state index is 0.0103. The highest BCUT2D eigenvalue weighted by Gasteiger charge is 2.00. The topological polar surface area (TPSA) is 42.2 Å². The molecule has 0 saturated heterocycles. The second-order valence-electron chi connectivity index (χ2n) is 3.43. The van der Waals surface area contributed by atoms with E-state index < -0.39 is 0 Å². The van der Waals surface area contributed by atoms with Gasteiger partial charge in [-0.2, -0.15) is 0 Å². The molecule has 0 aliphatic rings. The van der Waals surface area contributed by atoms with Crippen LogP contribution in [0, 0.1) is 11.8 Å². The lowest BCUT2D eigenvalue weighted by Gasteiger charge is -2.01. The molecule has 0 radical (unpaired) electrons. The Morgan fingerprint density at radius 2 is 2.29 bits per heavy atom. The Bertz CT molecular complexity index is 616. The number of hydrogen-bond acceptors (Lipinski definition) is 3. The highest BCUT2D eigenvalue weighted by Crippen LogP contribution is 2.14. The molecule has 0 aromatic carbocycles. The normalized spacial score (nSPS) is 9.71. The average molecular weight is 245 g/mol. The van der Waals surface area contributed by atoms with Crippen molar-refractivity contribution in [1.29, 1.82) is 0 Å². The van der Waals surface area contributed by atoms with Gasteiger partial charge < -0.3 is 9.67 Å². The van der Waals surface area contributed by atoms with Gasteiger partial charge in [-0.3, -0.25) is 4.79 Å². The van der Waals surface area contributed by atoms with Gasteiger partial charge in [-0.05, 0) is 12.1 Å². The van der Waals surface area contributed by atoms with E-state index in [0.717, 1.165) is 10.4 Å². The van der Waals surface area contributed by atoms with E-state index in [0.29, 0.717) is 6.54 Å². The van der Waals surface area contributed by atoms with Gasteiger partial charge in [-0.25, -0.2) is 0 Å². The zero-order chi connectivity index (χ0) is 12.1. The van der Waals surface area contributed by atoms with Crippen molar-refractivity contribution in [3.8, 4) is 11.8 Å². The molecule has 0 atom stereocenters. The van der Waals surface area contributed by atoms with Crippen LogP contribution < -0.4 is 5.56 Å². The monoisotopic (exact) mass is 245 g/mol. The first-order valence-electron chi connectivity index (χ1n) is 5.12. The van der Waals surface area contributed by atoms with Crippen LogP contribution in [0.2, 0.25) is 0 Å². The van der Waals surface area contributed by atoms with Crippen LogP contribution >= 0.6 is 11.3 Å². The second-order valence-corrected chi connectivity index (χ2v) is 4.42. The summed E-state index contributed by atoms with van der Waals surface area (Å²) in [7, 11) is 0. The first-order valence-corrected chi connectivity index (χ1v) is 6.00. The molecular formula is C13H11NO2S. The number of aromatic nitrogens is 1. The fourth-order valence-electron chi connectivity index (χ4n) is 1.43. The number of hydrogen-bond donors (Lipinski definition) is 1. The van der Waals surface area contributed by atoms with Crippen molar-refractivity contribution < 1.29 is 5.11 Å². The maximum absolute atomic E-state index is 11.5. The first kappa shape index (κ1) is 11.6. The second kappa shape index (κ2) is 5.48. The third-order valence-electron chi connectivity index (χ3n) is 2.19. The summed E-state index contributed by atoms with van der Waals surface area (Å²) >= 11 is 1.56. The van der Waals surface area contributed by atoms with Crippen LogP contribution in [0.1, 0.15) is 10.4 Å². The third-order valence-corrected chi connectivity index (χ3v) is 3.11. The highest BCUT2D eigenvalue weighted by atomic mass is 32.1. The molecule has 0 fully saturated rings. The van der Waals surface area contributed by atoms with Crippen molar-refractivity contribution in [2.24, 2.45) is 0 Å². The summed E-state index contributed by atoms with van der Waals surface area (Å²) in [6, 6.07) is 7.04. The Morgan fingerprint density at radius 1 is 1.41 bits per heavy atom. The summed E-state index contributed by atoms with van der Waals surface area (Å²) < 4.78 is 1.65. The zero-order valence-electron chi connectivity index (χ0n) is 9.09.